The first kappa shape index (κ1) is 17.7. The van der Waals surface area contributed by atoms with E-state index in [1.807, 2.05) is 12.1 Å². The van der Waals surface area contributed by atoms with Crippen molar-refractivity contribution in [2.45, 2.75) is 13.2 Å². The van der Waals surface area contributed by atoms with Gasteiger partial charge in [-0.2, -0.15) is 8.78 Å². The van der Waals surface area contributed by atoms with E-state index in [0.29, 0.717) is 17.4 Å². The molecule has 26 heavy (non-hydrogen) atoms. The summed E-state index contributed by atoms with van der Waals surface area (Å²) < 4.78 is 28.5. The monoisotopic (exact) mass is 376 g/mol. The number of hydrogen-bond donors (Lipinski definition) is 2. The van der Waals surface area contributed by atoms with Crippen LogP contribution in [0.4, 0.5) is 19.6 Å². The number of halogens is 2. The van der Waals surface area contributed by atoms with Gasteiger partial charge in [-0.25, -0.2) is 4.98 Å². The molecule has 0 unspecified atom stereocenters. The minimum Gasteiger partial charge on any atom is -0.435 e. The Morgan fingerprint density at radius 3 is 2.69 bits per heavy atom. The first-order chi connectivity index (χ1) is 12.6. The normalized spacial score (nSPS) is 10.6. The predicted molar refractivity (Wildman–Crippen MR) is 93.9 cm³/mol. The van der Waals surface area contributed by atoms with Gasteiger partial charge in [-0.1, -0.05) is 6.07 Å². The summed E-state index contributed by atoms with van der Waals surface area (Å²) in [7, 11) is 0. The van der Waals surface area contributed by atoms with Gasteiger partial charge in [0, 0.05) is 17.3 Å². The quantitative estimate of drug-likeness (QED) is 0.656. The number of pyridine rings is 1. The van der Waals surface area contributed by atoms with Gasteiger partial charge in [0.25, 0.3) is 5.91 Å². The number of nitrogens with one attached hydrogen (secondary N) is 2. The average Bonchev–Trinajstić information content (AvgIpc) is 3.10. The third kappa shape index (κ3) is 4.96. The van der Waals surface area contributed by atoms with Crippen molar-refractivity contribution in [1.82, 2.24) is 15.3 Å². The molecule has 2 heterocycles. The van der Waals surface area contributed by atoms with Crippen molar-refractivity contribution >= 4 is 28.1 Å². The highest BCUT2D eigenvalue weighted by molar-refractivity contribution is 7.14. The lowest BCUT2D eigenvalue weighted by Gasteiger charge is -2.06. The number of thiazole rings is 1. The molecule has 0 aliphatic heterocycles. The maximum Gasteiger partial charge on any atom is 0.387 e. The summed E-state index contributed by atoms with van der Waals surface area (Å²) in [6.07, 6.45) is 1.66. The first-order valence-corrected chi connectivity index (χ1v) is 8.43. The van der Waals surface area contributed by atoms with Gasteiger partial charge in [0.15, 0.2) is 5.13 Å². The number of benzene rings is 1. The molecule has 2 N–H and O–H groups in total. The van der Waals surface area contributed by atoms with Crippen LogP contribution >= 0.6 is 11.3 Å². The van der Waals surface area contributed by atoms with E-state index < -0.39 is 6.61 Å². The van der Waals surface area contributed by atoms with Gasteiger partial charge < -0.3 is 15.4 Å². The molecule has 0 spiro atoms. The molecule has 0 radical (unpaired) electrons. The molecule has 0 aliphatic carbocycles. The molecule has 0 atom stereocenters. The molecule has 1 amide bonds. The Morgan fingerprint density at radius 2 is 2.00 bits per heavy atom. The first-order valence-electron chi connectivity index (χ1n) is 7.56. The fraction of sp³-hybridized carbons (Fsp3) is 0.118. The van der Waals surface area contributed by atoms with Crippen molar-refractivity contribution in [3.8, 4) is 5.75 Å². The zero-order chi connectivity index (χ0) is 18.4. The van der Waals surface area contributed by atoms with Crippen LogP contribution in [0.3, 0.4) is 0 Å². The van der Waals surface area contributed by atoms with Gasteiger partial charge in [-0.15, -0.1) is 11.3 Å². The third-order valence-electron chi connectivity index (χ3n) is 3.22. The van der Waals surface area contributed by atoms with E-state index in [2.05, 4.69) is 25.3 Å². The third-order valence-corrected chi connectivity index (χ3v) is 3.98. The molecule has 0 saturated carbocycles. The molecule has 9 heteroatoms. The topological polar surface area (TPSA) is 76.1 Å². The molecule has 134 valence electrons. The van der Waals surface area contributed by atoms with E-state index in [9.17, 15) is 13.6 Å². The Hall–Kier alpha value is -3.07. The summed E-state index contributed by atoms with van der Waals surface area (Å²) in [5.74, 6) is -0.236. The van der Waals surface area contributed by atoms with Gasteiger partial charge in [0.05, 0.1) is 12.2 Å². The average molecular weight is 376 g/mol. The number of nitrogens with zero attached hydrogens (tertiary/aromatic N) is 2. The molecule has 6 nitrogen and oxygen atoms in total. The molecule has 3 aromatic rings. The summed E-state index contributed by atoms with van der Waals surface area (Å²) in [4.78, 5) is 20.5. The molecule has 2 aromatic heterocycles. The Bertz CT molecular complexity index is 857. The number of ether oxygens (including phenoxy) is 1. The van der Waals surface area contributed by atoms with E-state index >= 15 is 0 Å². The number of amides is 1. The van der Waals surface area contributed by atoms with E-state index in [0.717, 1.165) is 5.69 Å². The van der Waals surface area contributed by atoms with Crippen LogP contribution in [0.15, 0.2) is 54.0 Å². The predicted octanol–water partition coefficient (Wildman–Crippen LogP) is 3.81. The number of aromatic nitrogens is 2. The number of alkyl halides is 2. The molecule has 1 aromatic carbocycles. The largest absolute Gasteiger partial charge is 0.435 e. The summed E-state index contributed by atoms with van der Waals surface area (Å²) in [5.41, 5.74) is 1.67. The fourth-order valence-electron chi connectivity index (χ4n) is 2.04. The number of carbonyl (C=O) groups is 1. The highest BCUT2D eigenvalue weighted by Crippen LogP contribution is 2.23. The van der Waals surface area contributed by atoms with Gasteiger partial charge in [0.2, 0.25) is 0 Å². The van der Waals surface area contributed by atoms with Crippen molar-refractivity contribution in [2.24, 2.45) is 0 Å². The van der Waals surface area contributed by atoms with Crippen molar-refractivity contribution in [1.29, 1.82) is 0 Å². The smallest absolute Gasteiger partial charge is 0.387 e. The van der Waals surface area contributed by atoms with Crippen LogP contribution in [0.1, 0.15) is 16.2 Å². The lowest BCUT2D eigenvalue weighted by Crippen LogP contribution is -2.23. The van der Waals surface area contributed by atoms with Crippen LogP contribution in [0.5, 0.6) is 5.75 Å². The maximum atomic E-state index is 12.1. The van der Waals surface area contributed by atoms with E-state index in [4.69, 9.17) is 0 Å². The second kappa shape index (κ2) is 8.34. The molecule has 0 fully saturated rings. The van der Waals surface area contributed by atoms with Crippen LogP contribution in [-0.4, -0.2) is 22.5 Å². The van der Waals surface area contributed by atoms with Crippen LogP contribution < -0.4 is 15.4 Å². The standard InChI is InChI=1S/C17H14F2N4O2S/c18-16(19)25-13-6-4-11(5-7-13)22-17-23-14(10-26-17)15(24)21-9-12-3-1-2-8-20-12/h1-8,10,16H,9H2,(H,21,24)(H,22,23). The lowest BCUT2D eigenvalue weighted by atomic mass is 10.3. The number of hydrogen-bond acceptors (Lipinski definition) is 6. The van der Waals surface area contributed by atoms with Gasteiger partial charge in [0.1, 0.15) is 11.4 Å². The molecular weight excluding hydrogens is 362 g/mol. The summed E-state index contributed by atoms with van der Waals surface area (Å²) in [5, 5.41) is 7.89. The summed E-state index contributed by atoms with van der Waals surface area (Å²) in [6, 6.07) is 11.5. The van der Waals surface area contributed by atoms with Crippen LogP contribution in [0.2, 0.25) is 0 Å². The number of carbonyl (C=O) groups excluding carboxylic acids is 1. The second-order valence-electron chi connectivity index (χ2n) is 5.07. The van der Waals surface area contributed by atoms with Crippen LogP contribution in [-0.2, 0) is 6.54 Å². The van der Waals surface area contributed by atoms with Crippen molar-refractivity contribution < 1.29 is 18.3 Å². The SMILES string of the molecule is O=C(NCc1ccccn1)c1csc(Nc2ccc(OC(F)F)cc2)n1. The van der Waals surface area contributed by atoms with Crippen molar-refractivity contribution in [3.05, 3.63) is 65.4 Å². The number of rotatable bonds is 7. The molecule has 0 saturated heterocycles. The highest BCUT2D eigenvalue weighted by atomic mass is 32.1. The second-order valence-corrected chi connectivity index (χ2v) is 5.93. The van der Waals surface area contributed by atoms with Gasteiger partial charge >= 0.3 is 6.61 Å². The Labute approximate surface area is 151 Å². The number of anilines is 2. The minimum absolute atomic E-state index is 0.0688. The van der Waals surface area contributed by atoms with Gasteiger partial charge in [-0.05, 0) is 36.4 Å². The molecule has 0 bridgehead atoms. The zero-order valence-electron chi connectivity index (χ0n) is 13.4. The Kier molecular flexibility index (Phi) is 5.69. The van der Waals surface area contributed by atoms with Gasteiger partial charge in [-0.3, -0.25) is 9.78 Å². The maximum absolute atomic E-state index is 12.1. The molecule has 3 rings (SSSR count). The molecule has 0 aliphatic rings. The minimum atomic E-state index is -2.86. The van der Waals surface area contributed by atoms with Crippen LogP contribution in [0, 0.1) is 0 Å². The summed E-state index contributed by atoms with van der Waals surface area (Å²) >= 11 is 1.26. The lowest BCUT2D eigenvalue weighted by molar-refractivity contribution is -0.0498. The zero-order valence-corrected chi connectivity index (χ0v) is 14.2. The molecular formula is C17H14F2N4O2S. The van der Waals surface area contributed by atoms with E-state index in [1.54, 1.807) is 29.8 Å². The van der Waals surface area contributed by atoms with E-state index in [-0.39, 0.29) is 17.4 Å². The highest BCUT2D eigenvalue weighted by Gasteiger charge is 2.11. The van der Waals surface area contributed by atoms with Crippen LogP contribution in [0.25, 0.3) is 0 Å². The summed E-state index contributed by atoms with van der Waals surface area (Å²) in [6.45, 7) is -2.55. The van der Waals surface area contributed by atoms with E-state index in [1.165, 1.54) is 23.5 Å². The fourth-order valence-corrected chi connectivity index (χ4v) is 2.75. The Morgan fingerprint density at radius 1 is 1.19 bits per heavy atom. The van der Waals surface area contributed by atoms with Crippen molar-refractivity contribution in [2.75, 3.05) is 5.32 Å². The Balaban J connectivity index is 1.56. The van der Waals surface area contributed by atoms with Crippen molar-refractivity contribution in [3.63, 3.8) is 0 Å².